The van der Waals surface area contributed by atoms with Crippen LogP contribution in [-0.4, -0.2) is 29.4 Å². The smallest absolute Gasteiger partial charge is 0.182 e. The summed E-state index contributed by atoms with van der Waals surface area (Å²) in [6, 6.07) is 10.3. The van der Waals surface area contributed by atoms with Gasteiger partial charge >= 0.3 is 0 Å². The third-order valence-electron chi connectivity index (χ3n) is 3.93. The van der Waals surface area contributed by atoms with E-state index in [1.165, 1.54) is 0 Å². The van der Waals surface area contributed by atoms with E-state index in [1.54, 1.807) is 28.4 Å². The summed E-state index contributed by atoms with van der Waals surface area (Å²) in [5, 5.41) is 11.9. The van der Waals surface area contributed by atoms with Crippen molar-refractivity contribution < 1.29 is 0 Å². The molecule has 0 spiro atoms. The Morgan fingerprint density at radius 2 is 2.16 bits per heavy atom. The maximum atomic E-state index is 4.72. The average Bonchev–Trinajstić information content (AvgIpc) is 3.33. The number of nitrogens with zero attached hydrogens (tertiary/aromatic N) is 6. The first-order chi connectivity index (χ1) is 12.3. The second kappa shape index (κ2) is 5.75. The van der Waals surface area contributed by atoms with E-state index in [-0.39, 0.29) is 0 Å². The van der Waals surface area contributed by atoms with Gasteiger partial charge in [-0.25, -0.2) is 14.5 Å². The Labute approximate surface area is 154 Å². The van der Waals surface area contributed by atoms with Crippen LogP contribution in [0, 0.1) is 0 Å². The SMILES string of the molecule is Brc1cnn(Cc2cccc(-c3nc4c5ccsc5ncn4n3)c2)c1. The van der Waals surface area contributed by atoms with Gasteiger partial charge in [0, 0.05) is 11.8 Å². The highest BCUT2D eigenvalue weighted by atomic mass is 79.9. The molecule has 25 heavy (non-hydrogen) atoms. The molecule has 6 nitrogen and oxygen atoms in total. The summed E-state index contributed by atoms with van der Waals surface area (Å²) in [5.74, 6) is 0.698. The van der Waals surface area contributed by atoms with Crippen LogP contribution in [-0.2, 0) is 6.54 Å². The van der Waals surface area contributed by atoms with Gasteiger partial charge in [-0.3, -0.25) is 4.68 Å². The first-order valence-corrected chi connectivity index (χ1v) is 9.29. The molecular weight excluding hydrogens is 400 g/mol. The molecule has 0 saturated heterocycles. The van der Waals surface area contributed by atoms with E-state index in [2.05, 4.69) is 43.2 Å². The summed E-state index contributed by atoms with van der Waals surface area (Å²) in [4.78, 5) is 10.1. The minimum Gasteiger partial charge on any atom is -0.267 e. The molecule has 0 atom stereocenters. The fourth-order valence-corrected chi connectivity index (χ4v) is 3.86. The Balaban J connectivity index is 1.56. The number of hydrogen-bond acceptors (Lipinski definition) is 5. The summed E-state index contributed by atoms with van der Waals surface area (Å²) < 4.78 is 4.60. The minimum absolute atomic E-state index is 0.698. The highest BCUT2D eigenvalue weighted by Crippen LogP contribution is 2.24. The van der Waals surface area contributed by atoms with Gasteiger partial charge in [0.2, 0.25) is 0 Å². The zero-order valence-corrected chi connectivity index (χ0v) is 15.3. The molecule has 0 aliphatic carbocycles. The van der Waals surface area contributed by atoms with Crippen molar-refractivity contribution in [3.8, 4) is 11.4 Å². The standard InChI is InChI=1S/C17H11BrN6S/c18-13-7-20-23(9-13)8-11-2-1-3-12(6-11)15-21-16-14-4-5-25-17(14)19-10-24(16)22-15/h1-7,9-10H,8H2. The fraction of sp³-hybridized carbons (Fsp3) is 0.0588. The summed E-state index contributed by atoms with van der Waals surface area (Å²) in [7, 11) is 0. The zero-order valence-electron chi connectivity index (χ0n) is 12.9. The number of fused-ring (bicyclic) bond motifs is 3. The molecule has 0 N–H and O–H groups in total. The number of aromatic nitrogens is 6. The minimum atomic E-state index is 0.698. The highest BCUT2D eigenvalue weighted by Gasteiger charge is 2.11. The molecule has 4 heterocycles. The maximum Gasteiger partial charge on any atom is 0.182 e. The van der Waals surface area contributed by atoms with Crippen molar-refractivity contribution in [3.63, 3.8) is 0 Å². The Hall–Kier alpha value is -2.58. The lowest BCUT2D eigenvalue weighted by Crippen LogP contribution is -1.99. The number of rotatable bonds is 3. The van der Waals surface area contributed by atoms with Crippen LogP contribution >= 0.6 is 27.3 Å². The second-order valence-electron chi connectivity index (χ2n) is 5.64. The third-order valence-corrected chi connectivity index (χ3v) is 5.16. The van der Waals surface area contributed by atoms with Crippen molar-refractivity contribution in [1.82, 2.24) is 29.4 Å². The van der Waals surface area contributed by atoms with Gasteiger partial charge in [-0.1, -0.05) is 18.2 Å². The number of hydrogen-bond donors (Lipinski definition) is 0. The summed E-state index contributed by atoms with van der Waals surface area (Å²) in [5.41, 5.74) is 2.96. The lowest BCUT2D eigenvalue weighted by molar-refractivity contribution is 0.687. The number of benzene rings is 1. The molecule has 0 amide bonds. The Kier molecular flexibility index (Phi) is 3.39. The zero-order chi connectivity index (χ0) is 16.8. The molecule has 4 aromatic heterocycles. The Morgan fingerprint density at radius 1 is 1.20 bits per heavy atom. The van der Waals surface area contributed by atoms with Crippen LogP contribution in [0.4, 0.5) is 0 Å². The molecular formula is C17H11BrN6S. The van der Waals surface area contributed by atoms with Crippen molar-refractivity contribution in [2.45, 2.75) is 6.54 Å². The van der Waals surface area contributed by atoms with Crippen molar-refractivity contribution in [1.29, 1.82) is 0 Å². The quantitative estimate of drug-likeness (QED) is 0.450. The first-order valence-electron chi connectivity index (χ1n) is 7.62. The monoisotopic (exact) mass is 410 g/mol. The number of halogens is 1. The molecule has 1 aromatic carbocycles. The largest absolute Gasteiger partial charge is 0.267 e. The third kappa shape index (κ3) is 2.63. The van der Waals surface area contributed by atoms with Gasteiger partial charge in [0.15, 0.2) is 11.5 Å². The van der Waals surface area contributed by atoms with Crippen LogP contribution < -0.4 is 0 Å². The van der Waals surface area contributed by atoms with Crippen LogP contribution in [0.15, 0.2) is 58.9 Å². The molecule has 0 saturated carbocycles. The molecule has 0 aliphatic rings. The van der Waals surface area contributed by atoms with Gasteiger partial charge in [-0.15, -0.1) is 16.4 Å². The van der Waals surface area contributed by atoms with Crippen LogP contribution in [0.25, 0.3) is 27.3 Å². The molecule has 0 fully saturated rings. The van der Waals surface area contributed by atoms with Crippen molar-refractivity contribution in [3.05, 3.63) is 64.5 Å². The van der Waals surface area contributed by atoms with E-state index >= 15 is 0 Å². The van der Waals surface area contributed by atoms with E-state index in [1.807, 2.05) is 34.5 Å². The summed E-state index contributed by atoms with van der Waals surface area (Å²) in [6.45, 7) is 0.698. The van der Waals surface area contributed by atoms with Gasteiger partial charge in [-0.2, -0.15) is 5.10 Å². The van der Waals surface area contributed by atoms with Gasteiger partial charge in [0.05, 0.1) is 22.6 Å². The van der Waals surface area contributed by atoms with Crippen LogP contribution in [0.5, 0.6) is 0 Å². The number of thiophene rings is 1. The van der Waals surface area contributed by atoms with Gasteiger partial charge < -0.3 is 0 Å². The fourth-order valence-electron chi connectivity index (χ4n) is 2.81. The predicted octanol–water partition coefficient (Wildman–Crippen LogP) is 4.01. The van der Waals surface area contributed by atoms with Gasteiger partial charge in [0.25, 0.3) is 0 Å². The van der Waals surface area contributed by atoms with E-state index in [4.69, 9.17) is 4.98 Å². The topological polar surface area (TPSA) is 60.9 Å². The van der Waals surface area contributed by atoms with Crippen LogP contribution in [0.2, 0.25) is 0 Å². The van der Waals surface area contributed by atoms with Crippen molar-refractivity contribution in [2.75, 3.05) is 0 Å². The summed E-state index contributed by atoms with van der Waals surface area (Å²) in [6.07, 6.45) is 5.46. The molecule has 0 bridgehead atoms. The summed E-state index contributed by atoms with van der Waals surface area (Å²) >= 11 is 5.03. The van der Waals surface area contributed by atoms with Gasteiger partial charge in [0.1, 0.15) is 11.2 Å². The second-order valence-corrected chi connectivity index (χ2v) is 7.45. The average molecular weight is 411 g/mol. The van der Waals surface area contributed by atoms with E-state index < -0.39 is 0 Å². The predicted molar refractivity (Wildman–Crippen MR) is 101 cm³/mol. The van der Waals surface area contributed by atoms with Crippen LogP contribution in [0.3, 0.4) is 0 Å². The molecule has 0 aliphatic heterocycles. The Bertz CT molecular complexity index is 1200. The van der Waals surface area contributed by atoms with Crippen molar-refractivity contribution in [2.24, 2.45) is 0 Å². The van der Waals surface area contributed by atoms with Crippen LogP contribution in [0.1, 0.15) is 5.56 Å². The highest BCUT2D eigenvalue weighted by molar-refractivity contribution is 9.10. The first kappa shape index (κ1) is 14.7. The Morgan fingerprint density at radius 3 is 3.04 bits per heavy atom. The molecule has 122 valence electrons. The lowest BCUT2D eigenvalue weighted by atomic mass is 10.1. The van der Waals surface area contributed by atoms with Crippen molar-refractivity contribution >= 4 is 43.1 Å². The van der Waals surface area contributed by atoms with E-state index in [0.29, 0.717) is 12.4 Å². The lowest BCUT2D eigenvalue weighted by Gasteiger charge is -2.03. The van der Waals surface area contributed by atoms with E-state index in [9.17, 15) is 0 Å². The molecule has 0 unspecified atom stereocenters. The molecule has 8 heteroatoms. The van der Waals surface area contributed by atoms with Gasteiger partial charge in [-0.05, 0) is 39.0 Å². The normalized spacial score (nSPS) is 11.6. The maximum absolute atomic E-state index is 4.72. The van der Waals surface area contributed by atoms with E-state index in [0.717, 1.165) is 31.5 Å². The molecule has 0 radical (unpaired) electrons. The molecule has 5 aromatic rings. The molecule has 5 rings (SSSR count).